The van der Waals surface area contributed by atoms with Crippen LogP contribution in [0.15, 0.2) is 36.9 Å². The predicted octanol–water partition coefficient (Wildman–Crippen LogP) is 2.59. The number of halogens is 1. The van der Waals surface area contributed by atoms with Gasteiger partial charge in [0.25, 0.3) is 0 Å². The summed E-state index contributed by atoms with van der Waals surface area (Å²) in [5, 5.41) is 0.525. The molecule has 0 spiro atoms. The zero-order chi connectivity index (χ0) is 12.1. The van der Waals surface area contributed by atoms with Gasteiger partial charge in [-0.2, -0.15) is 0 Å². The number of ether oxygens (including phenoxy) is 1. The summed E-state index contributed by atoms with van der Waals surface area (Å²) in [5.74, 6) is 0.745. The van der Waals surface area contributed by atoms with Crippen molar-refractivity contribution in [3.05, 3.63) is 41.9 Å². The Bertz CT molecular complexity index is 471. The van der Waals surface area contributed by atoms with Crippen molar-refractivity contribution in [2.24, 2.45) is 0 Å². The van der Waals surface area contributed by atoms with E-state index in [2.05, 4.69) is 4.98 Å². The van der Waals surface area contributed by atoms with Crippen molar-refractivity contribution >= 4 is 17.3 Å². The largest absolute Gasteiger partial charge is 0.493 e. The molecule has 0 amide bonds. The minimum atomic E-state index is 0.525. The van der Waals surface area contributed by atoms with Crippen molar-refractivity contribution in [2.45, 2.75) is 13.0 Å². The lowest BCUT2D eigenvalue weighted by atomic mass is 10.3. The number of nitrogens with zero attached hydrogens (tertiary/aromatic N) is 2. The van der Waals surface area contributed by atoms with E-state index >= 15 is 0 Å². The third-order valence-electron chi connectivity index (χ3n) is 2.36. The quantitative estimate of drug-likeness (QED) is 0.656. The van der Waals surface area contributed by atoms with Crippen LogP contribution in [-0.2, 0) is 6.54 Å². The summed E-state index contributed by atoms with van der Waals surface area (Å²) in [5.41, 5.74) is 6.18. The van der Waals surface area contributed by atoms with Crippen LogP contribution in [0.25, 0.3) is 0 Å². The van der Waals surface area contributed by atoms with Crippen LogP contribution in [0.4, 0.5) is 5.69 Å². The molecule has 0 aliphatic carbocycles. The standard InChI is InChI=1S/C12H14ClN3O/c13-11-8-10(2-3-12(11)14)17-7-1-5-16-6-4-15-9-16/h2-4,6,8-9H,1,5,7,14H2. The van der Waals surface area contributed by atoms with Crippen molar-refractivity contribution < 1.29 is 4.74 Å². The third kappa shape index (κ3) is 3.39. The van der Waals surface area contributed by atoms with Crippen LogP contribution in [0.2, 0.25) is 5.02 Å². The fourth-order valence-electron chi connectivity index (χ4n) is 1.45. The fraction of sp³-hybridized carbons (Fsp3) is 0.250. The smallest absolute Gasteiger partial charge is 0.120 e. The average Bonchev–Trinajstić information content (AvgIpc) is 2.82. The van der Waals surface area contributed by atoms with Gasteiger partial charge >= 0.3 is 0 Å². The second kappa shape index (κ2) is 5.59. The summed E-state index contributed by atoms with van der Waals surface area (Å²) in [6, 6.07) is 5.29. The Labute approximate surface area is 105 Å². The van der Waals surface area contributed by atoms with Crippen LogP contribution in [0.5, 0.6) is 5.75 Å². The van der Waals surface area contributed by atoms with E-state index in [1.54, 1.807) is 24.7 Å². The first-order valence-corrected chi connectivity index (χ1v) is 5.77. The molecule has 0 aliphatic heterocycles. The molecular weight excluding hydrogens is 238 g/mol. The summed E-state index contributed by atoms with van der Waals surface area (Å²) in [6.45, 7) is 1.53. The highest BCUT2D eigenvalue weighted by Gasteiger charge is 1.99. The maximum absolute atomic E-state index is 5.89. The Morgan fingerprint density at radius 2 is 2.29 bits per heavy atom. The van der Waals surface area contributed by atoms with E-state index < -0.39 is 0 Å². The highest BCUT2D eigenvalue weighted by atomic mass is 35.5. The van der Waals surface area contributed by atoms with Gasteiger partial charge in [-0.1, -0.05) is 11.6 Å². The number of imidazole rings is 1. The number of nitrogen functional groups attached to an aromatic ring is 1. The van der Waals surface area contributed by atoms with Crippen LogP contribution in [-0.4, -0.2) is 16.2 Å². The topological polar surface area (TPSA) is 53.1 Å². The zero-order valence-corrected chi connectivity index (χ0v) is 10.1. The molecule has 0 atom stereocenters. The zero-order valence-electron chi connectivity index (χ0n) is 9.34. The molecule has 0 fully saturated rings. The lowest BCUT2D eigenvalue weighted by molar-refractivity contribution is 0.302. The molecule has 17 heavy (non-hydrogen) atoms. The van der Waals surface area contributed by atoms with Gasteiger partial charge in [-0.3, -0.25) is 0 Å². The van der Waals surface area contributed by atoms with E-state index in [1.807, 2.05) is 16.8 Å². The number of hydrogen-bond acceptors (Lipinski definition) is 3. The van der Waals surface area contributed by atoms with E-state index in [0.29, 0.717) is 17.3 Å². The molecule has 1 aromatic carbocycles. The Morgan fingerprint density at radius 1 is 1.41 bits per heavy atom. The molecule has 2 aromatic rings. The second-order valence-electron chi connectivity index (χ2n) is 3.69. The molecule has 90 valence electrons. The number of hydrogen-bond donors (Lipinski definition) is 1. The monoisotopic (exact) mass is 251 g/mol. The van der Waals surface area contributed by atoms with Crippen LogP contribution < -0.4 is 10.5 Å². The number of benzene rings is 1. The van der Waals surface area contributed by atoms with Gasteiger partial charge in [-0.25, -0.2) is 4.98 Å². The van der Waals surface area contributed by atoms with Gasteiger partial charge in [0.1, 0.15) is 5.75 Å². The first kappa shape index (κ1) is 11.8. The Hall–Kier alpha value is -1.68. The minimum Gasteiger partial charge on any atom is -0.493 e. The highest BCUT2D eigenvalue weighted by molar-refractivity contribution is 6.33. The molecule has 2 rings (SSSR count). The second-order valence-corrected chi connectivity index (χ2v) is 4.09. The average molecular weight is 252 g/mol. The third-order valence-corrected chi connectivity index (χ3v) is 2.69. The number of aryl methyl sites for hydroxylation is 1. The summed E-state index contributed by atoms with van der Waals surface area (Å²) >= 11 is 5.89. The Kier molecular flexibility index (Phi) is 3.88. The van der Waals surface area contributed by atoms with E-state index in [1.165, 1.54) is 0 Å². The van der Waals surface area contributed by atoms with Gasteiger partial charge in [-0.05, 0) is 18.6 Å². The Balaban J connectivity index is 1.76. The van der Waals surface area contributed by atoms with Gasteiger partial charge in [0, 0.05) is 25.0 Å². The molecule has 1 aromatic heterocycles. The van der Waals surface area contributed by atoms with E-state index in [9.17, 15) is 0 Å². The SMILES string of the molecule is Nc1ccc(OCCCn2ccnc2)cc1Cl. The summed E-state index contributed by atoms with van der Waals surface area (Å²) in [7, 11) is 0. The summed E-state index contributed by atoms with van der Waals surface area (Å²) < 4.78 is 7.58. The van der Waals surface area contributed by atoms with Gasteiger partial charge in [0.15, 0.2) is 0 Å². The van der Waals surface area contributed by atoms with Crippen LogP contribution in [0.3, 0.4) is 0 Å². The van der Waals surface area contributed by atoms with Gasteiger partial charge in [0.2, 0.25) is 0 Å². The number of nitrogens with two attached hydrogens (primary N) is 1. The van der Waals surface area contributed by atoms with Crippen molar-refractivity contribution in [3.8, 4) is 5.75 Å². The van der Waals surface area contributed by atoms with Crippen molar-refractivity contribution in [3.63, 3.8) is 0 Å². The lowest BCUT2D eigenvalue weighted by Crippen LogP contribution is -2.03. The molecule has 4 nitrogen and oxygen atoms in total. The van der Waals surface area contributed by atoms with Crippen LogP contribution >= 0.6 is 11.6 Å². The molecule has 0 radical (unpaired) electrons. The Morgan fingerprint density at radius 3 is 3.00 bits per heavy atom. The molecular formula is C12H14ClN3O. The molecule has 0 aliphatic rings. The first-order valence-electron chi connectivity index (χ1n) is 5.39. The van der Waals surface area contributed by atoms with Gasteiger partial charge in [-0.15, -0.1) is 0 Å². The molecule has 1 heterocycles. The first-order chi connectivity index (χ1) is 8.25. The maximum Gasteiger partial charge on any atom is 0.120 e. The molecule has 5 heteroatoms. The van der Waals surface area contributed by atoms with Crippen LogP contribution in [0, 0.1) is 0 Å². The van der Waals surface area contributed by atoms with E-state index in [4.69, 9.17) is 22.1 Å². The molecule has 0 saturated carbocycles. The van der Waals surface area contributed by atoms with Gasteiger partial charge in [0.05, 0.1) is 23.6 Å². The minimum absolute atomic E-state index is 0.525. The lowest BCUT2D eigenvalue weighted by Gasteiger charge is -2.07. The predicted molar refractivity (Wildman–Crippen MR) is 68.2 cm³/mol. The number of aromatic nitrogens is 2. The van der Waals surface area contributed by atoms with E-state index in [-0.39, 0.29) is 0 Å². The van der Waals surface area contributed by atoms with Crippen molar-refractivity contribution in [2.75, 3.05) is 12.3 Å². The number of rotatable bonds is 5. The summed E-state index contributed by atoms with van der Waals surface area (Å²) in [6.07, 6.45) is 6.40. The fourth-order valence-corrected chi connectivity index (χ4v) is 1.62. The molecule has 0 unspecified atom stereocenters. The highest BCUT2D eigenvalue weighted by Crippen LogP contribution is 2.24. The van der Waals surface area contributed by atoms with Crippen LogP contribution in [0.1, 0.15) is 6.42 Å². The van der Waals surface area contributed by atoms with Crippen molar-refractivity contribution in [1.82, 2.24) is 9.55 Å². The molecule has 2 N–H and O–H groups in total. The van der Waals surface area contributed by atoms with Crippen molar-refractivity contribution in [1.29, 1.82) is 0 Å². The maximum atomic E-state index is 5.89. The number of anilines is 1. The molecule has 0 saturated heterocycles. The molecule has 0 bridgehead atoms. The van der Waals surface area contributed by atoms with E-state index in [0.717, 1.165) is 18.7 Å². The normalized spacial score (nSPS) is 10.4. The summed E-state index contributed by atoms with van der Waals surface area (Å²) in [4.78, 5) is 3.97. The van der Waals surface area contributed by atoms with Gasteiger partial charge < -0.3 is 15.0 Å².